The minimum absolute atomic E-state index is 0.108. The minimum Gasteiger partial charge on any atom is -0.481 e. The molecule has 0 spiro atoms. The van der Waals surface area contributed by atoms with Gasteiger partial charge in [-0.05, 0) is 46.1 Å². The second-order valence-electron chi connectivity index (χ2n) is 6.25. The molecule has 0 bridgehead atoms. The van der Waals surface area contributed by atoms with E-state index in [1.165, 1.54) is 0 Å². The van der Waals surface area contributed by atoms with E-state index in [-0.39, 0.29) is 17.9 Å². The molecule has 7 heteroatoms. The molecule has 0 saturated heterocycles. The van der Waals surface area contributed by atoms with Gasteiger partial charge in [0.05, 0.1) is 11.6 Å². The van der Waals surface area contributed by atoms with E-state index in [9.17, 15) is 9.59 Å². The van der Waals surface area contributed by atoms with Crippen molar-refractivity contribution in [3.8, 4) is 0 Å². The molecule has 2 N–H and O–H groups in total. The van der Waals surface area contributed by atoms with Crippen LogP contribution in [0.2, 0.25) is 0 Å². The first-order chi connectivity index (χ1) is 10.9. The summed E-state index contributed by atoms with van der Waals surface area (Å²) in [6.07, 6.45) is 1.77. The highest BCUT2D eigenvalue weighted by Gasteiger charge is 2.31. The van der Waals surface area contributed by atoms with E-state index in [2.05, 4.69) is 15.4 Å². The van der Waals surface area contributed by atoms with Crippen LogP contribution >= 0.6 is 0 Å². The Morgan fingerprint density at radius 3 is 2.70 bits per heavy atom. The summed E-state index contributed by atoms with van der Waals surface area (Å²) in [5.74, 6) is -1.39. The number of carbonyl (C=O) groups excluding carboxylic acids is 1. The largest absolute Gasteiger partial charge is 0.481 e. The van der Waals surface area contributed by atoms with Crippen molar-refractivity contribution in [1.82, 2.24) is 19.9 Å². The van der Waals surface area contributed by atoms with Crippen LogP contribution in [0.25, 0.3) is 5.65 Å². The molecule has 0 unspecified atom stereocenters. The van der Waals surface area contributed by atoms with Gasteiger partial charge in [-0.1, -0.05) is 0 Å². The van der Waals surface area contributed by atoms with Crippen molar-refractivity contribution < 1.29 is 14.7 Å². The van der Waals surface area contributed by atoms with Crippen molar-refractivity contribution >= 4 is 17.5 Å². The molecule has 7 nitrogen and oxygen atoms in total. The van der Waals surface area contributed by atoms with Gasteiger partial charge in [0.1, 0.15) is 5.56 Å². The molecule has 1 aliphatic rings. The van der Waals surface area contributed by atoms with E-state index in [0.29, 0.717) is 36.2 Å². The number of hydrogen-bond acceptors (Lipinski definition) is 4. The summed E-state index contributed by atoms with van der Waals surface area (Å²) in [5, 5.41) is 16.4. The number of hydrogen-bond donors (Lipinski definition) is 2. The highest BCUT2D eigenvalue weighted by atomic mass is 16.4. The predicted octanol–water partition coefficient (Wildman–Crippen LogP) is 1.64. The van der Waals surface area contributed by atoms with Crippen LogP contribution in [0.4, 0.5) is 0 Å². The monoisotopic (exact) mass is 316 g/mol. The maximum atomic E-state index is 12.6. The maximum Gasteiger partial charge on any atom is 0.306 e. The number of aliphatic carboxylic acids is 1. The lowest BCUT2D eigenvalue weighted by Gasteiger charge is -2.12. The van der Waals surface area contributed by atoms with Crippen LogP contribution in [0.3, 0.4) is 0 Å². The number of aryl methyl sites for hydroxylation is 3. The topological polar surface area (TPSA) is 96.6 Å². The average molecular weight is 316 g/mol. The molecule has 0 radical (unpaired) electrons. The Morgan fingerprint density at radius 2 is 2.04 bits per heavy atom. The Morgan fingerprint density at radius 1 is 1.30 bits per heavy atom. The second kappa shape index (κ2) is 5.64. The number of carboxylic acids is 1. The molecule has 23 heavy (non-hydrogen) atoms. The smallest absolute Gasteiger partial charge is 0.306 e. The van der Waals surface area contributed by atoms with Gasteiger partial charge in [-0.25, -0.2) is 9.50 Å². The molecule has 122 valence electrons. The Kier molecular flexibility index (Phi) is 3.79. The third-order valence-corrected chi connectivity index (χ3v) is 4.41. The van der Waals surface area contributed by atoms with Crippen molar-refractivity contribution in [1.29, 1.82) is 0 Å². The van der Waals surface area contributed by atoms with Gasteiger partial charge in [-0.2, -0.15) is 5.10 Å². The van der Waals surface area contributed by atoms with Crippen molar-refractivity contribution in [3.63, 3.8) is 0 Å². The molecular weight excluding hydrogens is 296 g/mol. The summed E-state index contributed by atoms with van der Waals surface area (Å²) in [6.45, 7) is 5.59. The van der Waals surface area contributed by atoms with Crippen molar-refractivity contribution in [2.24, 2.45) is 5.92 Å². The van der Waals surface area contributed by atoms with E-state index in [1.807, 2.05) is 19.9 Å². The highest BCUT2D eigenvalue weighted by Crippen LogP contribution is 2.26. The van der Waals surface area contributed by atoms with Gasteiger partial charge in [-0.15, -0.1) is 0 Å². The van der Waals surface area contributed by atoms with E-state index in [1.54, 1.807) is 11.4 Å². The summed E-state index contributed by atoms with van der Waals surface area (Å²) < 4.78 is 1.67. The van der Waals surface area contributed by atoms with E-state index in [0.717, 1.165) is 11.4 Å². The fraction of sp³-hybridized carbons (Fsp3) is 0.500. The molecule has 2 heterocycles. The van der Waals surface area contributed by atoms with Crippen LogP contribution in [0.5, 0.6) is 0 Å². The number of carboxylic acid groups (broad SMARTS) is 1. The number of nitrogens with one attached hydrogen (secondary N) is 1. The van der Waals surface area contributed by atoms with Crippen molar-refractivity contribution in [3.05, 3.63) is 28.7 Å². The van der Waals surface area contributed by atoms with Gasteiger partial charge in [0.15, 0.2) is 5.65 Å². The molecule has 1 aliphatic carbocycles. The van der Waals surface area contributed by atoms with Crippen LogP contribution in [-0.2, 0) is 4.79 Å². The highest BCUT2D eigenvalue weighted by molar-refractivity contribution is 6.01. The van der Waals surface area contributed by atoms with Gasteiger partial charge in [0.2, 0.25) is 0 Å². The quantitative estimate of drug-likeness (QED) is 0.897. The number of carbonyl (C=O) groups is 2. The molecule has 3 rings (SSSR count). The minimum atomic E-state index is -0.790. The van der Waals surface area contributed by atoms with Gasteiger partial charge >= 0.3 is 5.97 Å². The number of rotatable bonds is 3. The second-order valence-corrected chi connectivity index (χ2v) is 6.25. The van der Waals surface area contributed by atoms with Crippen LogP contribution in [0, 0.1) is 26.7 Å². The maximum absolute atomic E-state index is 12.6. The third-order valence-electron chi connectivity index (χ3n) is 4.41. The fourth-order valence-electron chi connectivity index (χ4n) is 3.29. The lowest BCUT2D eigenvalue weighted by Crippen LogP contribution is -2.33. The van der Waals surface area contributed by atoms with E-state index < -0.39 is 5.97 Å². The molecule has 1 fully saturated rings. The number of aromatic nitrogens is 3. The molecule has 0 aliphatic heterocycles. The summed E-state index contributed by atoms with van der Waals surface area (Å²) >= 11 is 0. The SMILES string of the molecule is Cc1cc(C)n2nc(C)c(C(=O)N[C@@H]3CC[C@H](C(=O)O)C3)c2n1. The average Bonchev–Trinajstić information content (AvgIpc) is 3.03. The summed E-state index contributed by atoms with van der Waals surface area (Å²) in [7, 11) is 0. The first-order valence-electron chi connectivity index (χ1n) is 7.74. The summed E-state index contributed by atoms with van der Waals surface area (Å²) in [5.41, 5.74) is 3.38. The Hall–Kier alpha value is -2.44. The predicted molar refractivity (Wildman–Crippen MR) is 83.4 cm³/mol. The molecule has 1 amide bonds. The fourth-order valence-corrected chi connectivity index (χ4v) is 3.29. The first kappa shape index (κ1) is 15.5. The van der Waals surface area contributed by atoms with Gasteiger partial charge in [0.25, 0.3) is 5.91 Å². The molecular formula is C16H20N4O3. The van der Waals surface area contributed by atoms with E-state index in [4.69, 9.17) is 5.11 Å². The number of fused-ring (bicyclic) bond motifs is 1. The van der Waals surface area contributed by atoms with Gasteiger partial charge in [-0.3, -0.25) is 9.59 Å². The van der Waals surface area contributed by atoms with Gasteiger partial charge in [0, 0.05) is 17.4 Å². The normalized spacial score (nSPS) is 20.8. The zero-order valence-corrected chi connectivity index (χ0v) is 13.5. The Labute approximate surface area is 133 Å². The van der Waals surface area contributed by atoms with Crippen molar-refractivity contribution in [2.45, 2.75) is 46.1 Å². The Balaban J connectivity index is 1.87. The van der Waals surface area contributed by atoms with E-state index >= 15 is 0 Å². The molecule has 2 atom stereocenters. The zero-order chi connectivity index (χ0) is 16.7. The summed E-state index contributed by atoms with van der Waals surface area (Å²) in [6, 6.07) is 1.80. The zero-order valence-electron chi connectivity index (χ0n) is 13.5. The van der Waals surface area contributed by atoms with Crippen molar-refractivity contribution in [2.75, 3.05) is 0 Å². The van der Waals surface area contributed by atoms with Crippen LogP contribution in [0.1, 0.15) is 46.7 Å². The molecule has 0 aromatic carbocycles. The first-order valence-corrected chi connectivity index (χ1v) is 7.74. The number of amides is 1. The molecule has 2 aromatic heterocycles. The van der Waals surface area contributed by atoms with Crippen LogP contribution in [0.15, 0.2) is 6.07 Å². The third kappa shape index (κ3) is 2.78. The Bertz CT molecular complexity index is 796. The molecule has 2 aromatic rings. The lowest BCUT2D eigenvalue weighted by molar-refractivity contribution is -0.141. The van der Waals surface area contributed by atoms with Gasteiger partial charge < -0.3 is 10.4 Å². The molecule has 1 saturated carbocycles. The van der Waals surface area contributed by atoms with Crippen LogP contribution < -0.4 is 5.32 Å². The summed E-state index contributed by atoms with van der Waals surface area (Å²) in [4.78, 5) is 28.1. The number of nitrogens with zero attached hydrogens (tertiary/aromatic N) is 3. The van der Waals surface area contributed by atoms with Crippen LogP contribution in [-0.4, -0.2) is 37.6 Å². The standard InChI is InChI=1S/C16H20N4O3/c1-8-6-9(2)20-14(17-8)13(10(3)19-20)15(21)18-12-5-4-11(7-12)16(22)23/h6,11-12H,4-5,7H2,1-3H3,(H,18,21)(H,22,23)/t11-,12+/m0/s1. The lowest BCUT2D eigenvalue weighted by atomic mass is 10.1.